The van der Waals surface area contributed by atoms with Gasteiger partial charge in [0.25, 0.3) is 0 Å². The summed E-state index contributed by atoms with van der Waals surface area (Å²) in [6, 6.07) is 8.61. The van der Waals surface area contributed by atoms with E-state index in [1.807, 2.05) is 32.0 Å². The molecule has 7 nitrogen and oxygen atoms in total. The normalized spacial score (nSPS) is 23.1. The second-order valence-corrected chi connectivity index (χ2v) is 8.90. The Morgan fingerprint density at radius 2 is 2.14 bits per heavy atom. The Hall–Kier alpha value is -2.74. The standard InChI is InChI=1S/C21H23N3O4S/c1-13-4-6-16(17(10-13)27-3)28-18-7-5-14(11-22-18)23-20(26)15-12-29-21(2)9-8-19(25)24(15)21/h4-7,10-11,15H,8-9,12H2,1-3H3,(H,23,26)/t15-,21-/m1/s1. The van der Waals surface area contributed by atoms with Gasteiger partial charge in [-0.05, 0) is 44.0 Å². The van der Waals surface area contributed by atoms with E-state index >= 15 is 0 Å². The van der Waals surface area contributed by atoms with Crippen molar-refractivity contribution in [2.75, 3.05) is 18.2 Å². The Kier molecular flexibility index (Phi) is 5.12. The third-order valence-corrected chi connectivity index (χ3v) is 6.79. The van der Waals surface area contributed by atoms with E-state index in [0.29, 0.717) is 35.2 Å². The van der Waals surface area contributed by atoms with Crippen molar-refractivity contribution in [2.45, 2.75) is 37.6 Å². The smallest absolute Gasteiger partial charge is 0.248 e. The van der Waals surface area contributed by atoms with Crippen LogP contribution in [0.5, 0.6) is 17.4 Å². The average molecular weight is 413 g/mol. The number of methoxy groups -OCH3 is 1. The van der Waals surface area contributed by atoms with Crippen LogP contribution >= 0.6 is 11.8 Å². The first-order valence-electron chi connectivity index (χ1n) is 9.45. The third-order valence-electron chi connectivity index (χ3n) is 5.29. The Balaban J connectivity index is 1.42. The van der Waals surface area contributed by atoms with Gasteiger partial charge in [-0.3, -0.25) is 9.59 Å². The fraction of sp³-hybridized carbons (Fsp3) is 0.381. The first kappa shape index (κ1) is 19.6. The Labute approximate surface area is 173 Å². The second kappa shape index (κ2) is 7.59. The monoisotopic (exact) mass is 413 g/mol. The number of carbonyl (C=O) groups is 2. The van der Waals surface area contributed by atoms with Crippen LogP contribution in [0.15, 0.2) is 36.5 Å². The van der Waals surface area contributed by atoms with Crippen molar-refractivity contribution in [2.24, 2.45) is 0 Å². The van der Waals surface area contributed by atoms with Gasteiger partial charge in [0, 0.05) is 18.2 Å². The molecule has 0 spiro atoms. The molecule has 0 saturated carbocycles. The van der Waals surface area contributed by atoms with Gasteiger partial charge in [-0.2, -0.15) is 0 Å². The molecule has 29 heavy (non-hydrogen) atoms. The number of rotatable bonds is 5. The summed E-state index contributed by atoms with van der Waals surface area (Å²) in [6.45, 7) is 4.01. The van der Waals surface area contributed by atoms with Crippen LogP contribution in [0.2, 0.25) is 0 Å². The van der Waals surface area contributed by atoms with Crippen molar-refractivity contribution in [1.82, 2.24) is 9.88 Å². The predicted octanol–water partition coefficient (Wildman–Crippen LogP) is 3.58. The molecular weight excluding hydrogens is 390 g/mol. The lowest BCUT2D eigenvalue weighted by atomic mass is 10.2. The Bertz CT molecular complexity index is 949. The molecule has 2 amide bonds. The highest BCUT2D eigenvalue weighted by Gasteiger charge is 2.52. The molecule has 4 rings (SSSR count). The number of pyridine rings is 1. The maximum Gasteiger partial charge on any atom is 0.248 e. The first-order valence-corrected chi connectivity index (χ1v) is 10.4. The van der Waals surface area contributed by atoms with Crippen LogP contribution < -0.4 is 14.8 Å². The molecule has 0 aliphatic carbocycles. The molecule has 2 aliphatic heterocycles. The molecule has 152 valence electrons. The predicted molar refractivity (Wildman–Crippen MR) is 111 cm³/mol. The number of carbonyl (C=O) groups excluding carboxylic acids is 2. The number of nitrogens with one attached hydrogen (secondary N) is 1. The summed E-state index contributed by atoms with van der Waals surface area (Å²) in [7, 11) is 1.59. The van der Waals surface area contributed by atoms with Gasteiger partial charge >= 0.3 is 0 Å². The third kappa shape index (κ3) is 3.76. The van der Waals surface area contributed by atoms with E-state index in [2.05, 4.69) is 10.3 Å². The van der Waals surface area contributed by atoms with Gasteiger partial charge in [0.2, 0.25) is 17.7 Å². The van der Waals surface area contributed by atoms with Gasteiger partial charge in [-0.25, -0.2) is 4.98 Å². The largest absolute Gasteiger partial charge is 0.493 e. The summed E-state index contributed by atoms with van der Waals surface area (Å²) in [5, 5.41) is 2.87. The van der Waals surface area contributed by atoms with Crippen LogP contribution in [0.3, 0.4) is 0 Å². The molecule has 2 aromatic rings. The molecule has 2 atom stereocenters. The summed E-state index contributed by atoms with van der Waals surface area (Å²) in [5.74, 6) is 2.05. The molecule has 0 unspecified atom stereocenters. The maximum absolute atomic E-state index is 12.7. The fourth-order valence-electron chi connectivity index (χ4n) is 3.73. The molecule has 1 aromatic carbocycles. The molecule has 0 radical (unpaired) electrons. The molecule has 2 aliphatic rings. The molecule has 1 aromatic heterocycles. The number of aromatic nitrogens is 1. The van der Waals surface area contributed by atoms with Gasteiger partial charge in [0.15, 0.2) is 11.5 Å². The maximum atomic E-state index is 12.7. The van der Waals surface area contributed by atoms with Crippen molar-refractivity contribution < 1.29 is 19.1 Å². The molecule has 2 saturated heterocycles. The lowest BCUT2D eigenvalue weighted by molar-refractivity contribution is -0.135. The van der Waals surface area contributed by atoms with E-state index in [9.17, 15) is 9.59 Å². The molecule has 3 heterocycles. The quantitative estimate of drug-likeness (QED) is 0.807. The Morgan fingerprint density at radius 1 is 1.31 bits per heavy atom. The van der Waals surface area contributed by atoms with E-state index in [-0.39, 0.29) is 16.7 Å². The molecule has 1 N–H and O–H groups in total. The lowest BCUT2D eigenvalue weighted by Crippen LogP contribution is -2.48. The van der Waals surface area contributed by atoms with E-state index in [1.54, 1.807) is 42.1 Å². The lowest BCUT2D eigenvalue weighted by Gasteiger charge is -2.29. The van der Waals surface area contributed by atoms with Crippen LogP contribution in [0.4, 0.5) is 5.69 Å². The fourth-order valence-corrected chi connectivity index (χ4v) is 5.16. The van der Waals surface area contributed by atoms with Crippen LogP contribution in [-0.4, -0.2) is 45.5 Å². The van der Waals surface area contributed by atoms with Gasteiger partial charge in [-0.15, -0.1) is 11.8 Å². The number of benzene rings is 1. The summed E-state index contributed by atoms with van der Waals surface area (Å²) in [4.78, 5) is 30.7. The number of ether oxygens (including phenoxy) is 2. The van der Waals surface area contributed by atoms with Crippen molar-refractivity contribution in [1.29, 1.82) is 0 Å². The zero-order chi connectivity index (χ0) is 20.6. The van der Waals surface area contributed by atoms with Crippen molar-refractivity contribution >= 4 is 29.3 Å². The minimum atomic E-state index is -0.451. The number of nitrogens with zero attached hydrogens (tertiary/aromatic N) is 2. The number of thioether (sulfide) groups is 1. The summed E-state index contributed by atoms with van der Waals surface area (Å²) in [6.07, 6.45) is 2.83. The molecule has 0 bridgehead atoms. The van der Waals surface area contributed by atoms with E-state index < -0.39 is 6.04 Å². The second-order valence-electron chi connectivity index (χ2n) is 7.40. The van der Waals surface area contributed by atoms with Gasteiger partial charge in [0.05, 0.1) is 23.9 Å². The molecule has 2 fully saturated rings. The molecule has 8 heteroatoms. The highest BCUT2D eigenvalue weighted by Crippen LogP contribution is 2.47. The summed E-state index contributed by atoms with van der Waals surface area (Å²) in [5.41, 5.74) is 1.63. The Morgan fingerprint density at radius 3 is 2.86 bits per heavy atom. The topological polar surface area (TPSA) is 80.8 Å². The van der Waals surface area contributed by atoms with Crippen molar-refractivity contribution in [3.05, 3.63) is 42.1 Å². The number of aryl methyl sites for hydroxylation is 1. The number of fused-ring (bicyclic) bond motifs is 1. The van der Waals surface area contributed by atoms with Crippen molar-refractivity contribution in [3.8, 4) is 17.4 Å². The highest BCUT2D eigenvalue weighted by atomic mass is 32.2. The van der Waals surface area contributed by atoms with Crippen LogP contribution in [0, 0.1) is 6.92 Å². The SMILES string of the molecule is COc1cc(C)ccc1Oc1ccc(NC(=O)[C@H]2CS[C@]3(C)CCC(=O)N23)cn1. The van der Waals surface area contributed by atoms with E-state index in [0.717, 1.165) is 12.0 Å². The van der Waals surface area contributed by atoms with Crippen LogP contribution in [0.1, 0.15) is 25.3 Å². The van der Waals surface area contributed by atoms with E-state index in [1.165, 1.54) is 0 Å². The number of amides is 2. The number of anilines is 1. The van der Waals surface area contributed by atoms with Crippen molar-refractivity contribution in [3.63, 3.8) is 0 Å². The first-order chi connectivity index (χ1) is 13.9. The minimum Gasteiger partial charge on any atom is -0.493 e. The van der Waals surface area contributed by atoms with Crippen LogP contribution in [-0.2, 0) is 9.59 Å². The average Bonchev–Trinajstić information content (AvgIpc) is 3.20. The number of hydrogen-bond acceptors (Lipinski definition) is 6. The van der Waals surface area contributed by atoms with E-state index in [4.69, 9.17) is 9.47 Å². The zero-order valence-electron chi connectivity index (χ0n) is 16.6. The van der Waals surface area contributed by atoms with Gasteiger partial charge in [0.1, 0.15) is 6.04 Å². The van der Waals surface area contributed by atoms with Crippen LogP contribution in [0.25, 0.3) is 0 Å². The number of hydrogen-bond donors (Lipinski definition) is 1. The summed E-state index contributed by atoms with van der Waals surface area (Å²) < 4.78 is 11.1. The van der Waals surface area contributed by atoms with Gasteiger partial charge in [-0.1, -0.05) is 6.07 Å². The summed E-state index contributed by atoms with van der Waals surface area (Å²) >= 11 is 1.67. The molecular formula is C21H23N3O4S. The highest BCUT2D eigenvalue weighted by molar-refractivity contribution is 8.01. The van der Waals surface area contributed by atoms with Gasteiger partial charge < -0.3 is 19.7 Å². The minimum absolute atomic E-state index is 0.0477. The zero-order valence-corrected chi connectivity index (χ0v) is 17.4.